The Morgan fingerprint density at radius 2 is 2.09 bits per heavy atom. The molecule has 0 unspecified atom stereocenters. The zero-order chi connectivity index (χ0) is 17.3. The molecule has 1 aromatic carbocycles. The number of carbonyl (C=O) groups is 1. The molecule has 0 saturated heterocycles. The van der Waals surface area contributed by atoms with Gasteiger partial charge >= 0.3 is 0 Å². The van der Waals surface area contributed by atoms with Crippen LogP contribution in [-0.4, -0.2) is 14.1 Å². The van der Waals surface area contributed by atoms with Gasteiger partial charge in [-0.15, -0.1) is 6.58 Å². The van der Waals surface area contributed by atoms with Crippen LogP contribution in [0.1, 0.15) is 67.6 Å². The first-order chi connectivity index (χ1) is 10.7. The molecule has 0 saturated carbocycles. The normalized spacial score (nSPS) is 17.9. The van der Waals surface area contributed by atoms with Crippen LogP contribution in [0.15, 0.2) is 30.9 Å². The Kier molecular flexibility index (Phi) is 5.32. The fourth-order valence-corrected chi connectivity index (χ4v) is 4.21. The highest BCUT2D eigenvalue weighted by Gasteiger charge is 2.41. The third-order valence-electron chi connectivity index (χ3n) is 5.33. The van der Waals surface area contributed by atoms with Crippen molar-refractivity contribution in [1.82, 2.24) is 0 Å². The molecule has 0 bridgehead atoms. The number of ketones is 1. The second-order valence-corrected chi connectivity index (χ2v) is 12.8. The maximum Gasteiger partial charge on any atom is 0.192 e. The summed E-state index contributed by atoms with van der Waals surface area (Å²) in [6, 6.07) is 6.12. The molecule has 0 aromatic heterocycles. The van der Waals surface area contributed by atoms with Crippen LogP contribution in [0.25, 0.3) is 0 Å². The first kappa shape index (κ1) is 18.1. The van der Waals surface area contributed by atoms with Crippen LogP contribution in [0.3, 0.4) is 0 Å². The minimum absolute atomic E-state index is 0.151. The van der Waals surface area contributed by atoms with E-state index in [1.807, 2.05) is 18.2 Å². The van der Waals surface area contributed by atoms with E-state index < -0.39 is 8.32 Å². The van der Waals surface area contributed by atoms with Crippen LogP contribution in [-0.2, 0) is 10.8 Å². The van der Waals surface area contributed by atoms with E-state index >= 15 is 0 Å². The molecule has 126 valence electrons. The summed E-state index contributed by atoms with van der Waals surface area (Å²) in [4.78, 5) is 12.4. The number of allylic oxidation sites excluding steroid dienone is 1. The highest BCUT2D eigenvalue weighted by atomic mass is 28.4. The van der Waals surface area contributed by atoms with E-state index in [1.165, 1.54) is 11.1 Å². The average Bonchev–Trinajstić information content (AvgIpc) is 2.86. The molecule has 0 heterocycles. The predicted octanol–water partition coefficient (Wildman–Crippen LogP) is 5.84. The Labute approximate surface area is 142 Å². The molecule has 0 aliphatic heterocycles. The van der Waals surface area contributed by atoms with Crippen LogP contribution in [0.2, 0.25) is 18.1 Å². The molecule has 0 spiro atoms. The Balaban J connectivity index is 2.24. The zero-order valence-electron chi connectivity index (χ0n) is 15.2. The second-order valence-electron chi connectivity index (χ2n) is 8.03. The van der Waals surface area contributed by atoms with Crippen molar-refractivity contribution in [2.45, 2.75) is 70.7 Å². The van der Waals surface area contributed by atoms with E-state index in [4.69, 9.17) is 4.43 Å². The van der Waals surface area contributed by atoms with E-state index in [0.29, 0.717) is 6.42 Å². The summed E-state index contributed by atoms with van der Waals surface area (Å²) in [5.41, 5.74) is 3.34. The van der Waals surface area contributed by atoms with Crippen LogP contribution in [0.5, 0.6) is 0 Å². The summed E-state index contributed by atoms with van der Waals surface area (Å²) in [5.74, 6) is 0.231. The quantitative estimate of drug-likeness (QED) is 0.372. The lowest BCUT2D eigenvalue weighted by Crippen LogP contribution is -2.41. The zero-order valence-corrected chi connectivity index (χ0v) is 16.2. The standard InChI is InChI=1S/C20H30O2Si/c1-7-8-12-18(21)16-10-9-11-17-15(16)13-14-19(17)22-23(5,6)20(2,3)4/h7,9-11,19H,1,8,12-14H2,2-6H3/t19-/m0/s1. The monoisotopic (exact) mass is 330 g/mol. The fourth-order valence-electron chi connectivity index (χ4n) is 2.90. The molecule has 1 atom stereocenters. The van der Waals surface area contributed by atoms with Crippen LogP contribution >= 0.6 is 0 Å². The number of hydrogen-bond acceptors (Lipinski definition) is 2. The summed E-state index contributed by atoms with van der Waals surface area (Å²) in [6.45, 7) is 15.1. The van der Waals surface area contributed by atoms with Crippen molar-refractivity contribution in [3.63, 3.8) is 0 Å². The Morgan fingerprint density at radius 3 is 2.70 bits per heavy atom. The minimum atomic E-state index is -1.80. The summed E-state index contributed by atoms with van der Waals surface area (Å²) >= 11 is 0. The number of rotatable bonds is 6. The molecule has 0 amide bonds. The topological polar surface area (TPSA) is 26.3 Å². The second kappa shape index (κ2) is 6.74. The highest BCUT2D eigenvalue weighted by Crippen LogP contribution is 2.44. The smallest absolute Gasteiger partial charge is 0.192 e. The number of benzene rings is 1. The highest BCUT2D eigenvalue weighted by molar-refractivity contribution is 6.74. The Hall–Kier alpha value is -1.19. The Bertz CT molecular complexity index is 596. The molecule has 1 aliphatic rings. The molecule has 0 radical (unpaired) electrons. The van der Waals surface area contributed by atoms with Crippen molar-refractivity contribution in [1.29, 1.82) is 0 Å². The Morgan fingerprint density at radius 1 is 1.39 bits per heavy atom. The van der Waals surface area contributed by atoms with Crippen molar-refractivity contribution in [2.24, 2.45) is 0 Å². The van der Waals surface area contributed by atoms with E-state index in [-0.39, 0.29) is 16.9 Å². The average molecular weight is 331 g/mol. The van der Waals surface area contributed by atoms with Gasteiger partial charge in [0.1, 0.15) is 0 Å². The lowest BCUT2D eigenvalue weighted by molar-refractivity contribution is 0.0983. The van der Waals surface area contributed by atoms with Gasteiger partial charge in [0.05, 0.1) is 6.10 Å². The van der Waals surface area contributed by atoms with Gasteiger partial charge < -0.3 is 4.43 Å². The number of hydrogen-bond donors (Lipinski definition) is 0. The summed E-state index contributed by atoms with van der Waals surface area (Å²) < 4.78 is 6.62. The molecule has 23 heavy (non-hydrogen) atoms. The van der Waals surface area contributed by atoms with E-state index in [2.05, 4.69) is 46.5 Å². The first-order valence-electron chi connectivity index (χ1n) is 8.61. The van der Waals surface area contributed by atoms with Gasteiger partial charge in [-0.05, 0) is 48.5 Å². The minimum Gasteiger partial charge on any atom is -0.410 e. The third kappa shape index (κ3) is 3.83. The number of carbonyl (C=O) groups excluding carboxylic acids is 1. The SMILES string of the molecule is C=CCCC(=O)c1cccc2c1CC[C@@H]2O[Si](C)(C)C(C)(C)C. The lowest BCUT2D eigenvalue weighted by Gasteiger charge is -2.38. The predicted molar refractivity (Wildman–Crippen MR) is 99.5 cm³/mol. The van der Waals surface area contributed by atoms with Gasteiger partial charge in [-0.3, -0.25) is 4.79 Å². The molecule has 2 rings (SSSR count). The van der Waals surface area contributed by atoms with Crippen molar-refractivity contribution >= 4 is 14.1 Å². The van der Waals surface area contributed by atoms with E-state index in [0.717, 1.165) is 24.8 Å². The van der Waals surface area contributed by atoms with Crippen molar-refractivity contribution in [3.8, 4) is 0 Å². The fraction of sp³-hybridized carbons (Fsp3) is 0.550. The summed E-state index contributed by atoms with van der Waals surface area (Å²) in [5, 5.41) is 0.202. The maximum absolute atomic E-state index is 12.4. The molecular weight excluding hydrogens is 300 g/mol. The maximum atomic E-state index is 12.4. The molecule has 3 heteroatoms. The van der Waals surface area contributed by atoms with Crippen molar-refractivity contribution in [2.75, 3.05) is 0 Å². The molecule has 2 nitrogen and oxygen atoms in total. The van der Waals surface area contributed by atoms with Gasteiger partial charge in [-0.2, -0.15) is 0 Å². The molecule has 1 aliphatic carbocycles. The lowest BCUT2D eigenvalue weighted by atomic mass is 9.97. The van der Waals surface area contributed by atoms with Crippen LogP contribution in [0.4, 0.5) is 0 Å². The van der Waals surface area contributed by atoms with Gasteiger partial charge in [0.2, 0.25) is 0 Å². The van der Waals surface area contributed by atoms with Gasteiger partial charge in [0.25, 0.3) is 0 Å². The molecular formula is C20H30O2Si. The largest absolute Gasteiger partial charge is 0.410 e. The molecule has 1 aromatic rings. The summed E-state index contributed by atoms with van der Waals surface area (Å²) in [6.07, 6.45) is 5.20. The van der Waals surface area contributed by atoms with Gasteiger partial charge in [-0.1, -0.05) is 45.0 Å². The van der Waals surface area contributed by atoms with Crippen LogP contribution < -0.4 is 0 Å². The first-order valence-corrected chi connectivity index (χ1v) is 11.5. The van der Waals surface area contributed by atoms with Crippen molar-refractivity contribution in [3.05, 3.63) is 47.5 Å². The van der Waals surface area contributed by atoms with Gasteiger partial charge in [-0.25, -0.2) is 0 Å². The van der Waals surface area contributed by atoms with E-state index in [1.54, 1.807) is 0 Å². The van der Waals surface area contributed by atoms with Crippen LogP contribution in [0, 0.1) is 0 Å². The van der Waals surface area contributed by atoms with Crippen molar-refractivity contribution < 1.29 is 9.22 Å². The number of Topliss-reactive ketones (excluding diaryl/α,β-unsaturated/α-hetero) is 1. The molecule has 0 fully saturated rings. The van der Waals surface area contributed by atoms with Gasteiger partial charge in [0, 0.05) is 12.0 Å². The van der Waals surface area contributed by atoms with E-state index in [9.17, 15) is 4.79 Å². The summed E-state index contributed by atoms with van der Waals surface area (Å²) in [7, 11) is -1.80. The molecule has 0 N–H and O–H groups in total. The van der Waals surface area contributed by atoms with Gasteiger partial charge in [0.15, 0.2) is 14.1 Å². The third-order valence-corrected chi connectivity index (χ3v) is 9.82. The number of fused-ring (bicyclic) bond motifs is 1.